The Morgan fingerprint density at radius 2 is 2.00 bits per heavy atom. The van der Waals surface area contributed by atoms with Crippen LogP contribution in [0.4, 0.5) is 10.1 Å². The summed E-state index contributed by atoms with van der Waals surface area (Å²) in [7, 11) is -2.81. The molecule has 67 valence electrons. The van der Waals surface area contributed by atoms with Gasteiger partial charge in [-0.3, -0.25) is 4.72 Å². The average Bonchev–Trinajstić information content (AvgIpc) is 1.94. The number of hydrogen-bond donors (Lipinski definition) is 2. The van der Waals surface area contributed by atoms with Gasteiger partial charge in [-0.25, -0.2) is 12.8 Å². The first kappa shape index (κ1) is 13.4. The number of halogens is 2. The van der Waals surface area contributed by atoms with Crippen LogP contribution in [0, 0.1) is 5.82 Å². The molecule has 1 N–H and O–H groups in total. The first-order valence-corrected chi connectivity index (χ1v) is 4.93. The van der Waals surface area contributed by atoms with Crippen LogP contribution < -0.4 is 4.72 Å². The topological polar surface area (TPSA) is 46.2 Å². The predicted molar refractivity (Wildman–Crippen MR) is 53.8 cm³/mol. The average molecular weight is 277 g/mol. The molecule has 13 heavy (non-hydrogen) atoms. The maximum absolute atomic E-state index is 12.9. The molecule has 0 saturated heterocycles. The van der Waals surface area contributed by atoms with E-state index in [4.69, 9.17) is 0 Å². The van der Waals surface area contributed by atoms with Crippen molar-refractivity contribution in [2.75, 3.05) is 4.72 Å². The molecule has 0 heterocycles. The van der Waals surface area contributed by atoms with Crippen molar-refractivity contribution >= 4 is 62.1 Å². The molecule has 0 aliphatic heterocycles. The van der Waals surface area contributed by atoms with Crippen LogP contribution in [0.2, 0.25) is 0 Å². The van der Waals surface area contributed by atoms with E-state index in [1.54, 1.807) is 6.07 Å². The van der Waals surface area contributed by atoms with Gasteiger partial charge in [-0.05, 0) is 18.2 Å². The summed E-state index contributed by atoms with van der Waals surface area (Å²) in [4.78, 5) is 0. The summed E-state index contributed by atoms with van der Waals surface area (Å²) in [6, 6.07) is 4.07. The minimum absolute atomic E-state index is 0. The fourth-order valence-corrected chi connectivity index (χ4v) is 1.39. The summed E-state index contributed by atoms with van der Waals surface area (Å²) in [6.45, 7) is 0. The van der Waals surface area contributed by atoms with Gasteiger partial charge in [0.2, 0.25) is 10.9 Å². The third-order valence-corrected chi connectivity index (χ3v) is 2.06. The predicted octanol–water partition coefficient (Wildman–Crippen LogP) is 1.15. The molecule has 0 bridgehead atoms. The van der Waals surface area contributed by atoms with Gasteiger partial charge in [-0.1, -0.05) is 15.9 Å². The van der Waals surface area contributed by atoms with E-state index >= 15 is 0 Å². The number of hydrogen-bond acceptors (Lipinski definition) is 2. The Kier molecular flexibility index (Phi) is 6.15. The van der Waals surface area contributed by atoms with Crippen molar-refractivity contribution in [2.24, 2.45) is 0 Å². The first-order valence-electron chi connectivity index (χ1n) is 2.95. The molecule has 0 atom stereocenters. The molecule has 1 aromatic carbocycles. The van der Waals surface area contributed by atoms with E-state index < -0.39 is 16.7 Å². The monoisotopic (exact) mass is 276 g/mol. The second kappa shape index (κ2) is 5.98. The first-order chi connectivity index (χ1) is 5.59. The van der Waals surface area contributed by atoms with Gasteiger partial charge in [-0.2, -0.15) is 0 Å². The van der Waals surface area contributed by atoms with Crippen LogP contribution in [0.1, 0.15) is 0 Å². The number of anilines is 1. The molecule has 1 radical (unpaired) electrons. The molecule has 0 unspecified atom stereocenters. The minimum atomic E-state index is -2.81. The van der Waals surface area contributed by atoms with Crippen molar-refractivity contribution in [3.05, 3.63) is 28.5 Å². The second-order valence-electron chi connectivity index (χ2n) is 1.99. The van der Waals surface area contributed by atoms with Gasteiger partial charge in [0.15, 0.2) is 0 Å². The van der Waals surface area contributed by atoms with Crippen molar-refractivity contribution in [3.8, 4) is 0 Å². The maximum atomic E-state index is 12.9. The molecule has 1 aromatic rings. The van der Waals surface area contributed by atoms with Gasteiger partial charge >= 0.3 is 0 Å². The normalized spacial score (nSPS) is 9.46. The molecular formula is C6H5BrFNNaO2S. The molecule has 0 aliphatic rings. The van der Waals surface area contributed by atoms with Crippen molar-refractivity contribution in [3.63, 3.8) is 0 Å². The summed E-state index contributed by atoms with van der Waals surface area (Å²) in [5.74, 6) is -0.608. The maximum Gasteiger partial charge on any atom is 0.222 e. The van der Waals surface area contributed by atoms with E-state index in [0.29, 0.717) is 4.47 Å². The molecule has 3 nitrogen and oxygen atoms in total. The van der Waals surface area contributed by atoms with E-state index in [0.717, 1.165) is 0 Å². The summed E-state index contributed by atoms with van der Waals surface area (Å²) in [5, 5.41) is 0. The van der Waals surface area contributed by atoms with Gasteiger partial charge in [-0.15, -0.1) is 0 Å². The smallest absolute Gasteiger partial charge is 0.222 e. The zero-order valence-corrected chi connectivity index (χ0v) is 11.2. The van der Waals surface area contributed by atoms with Crippen LogP contribution >= 0.6 is 15.9 Å². The van der Waals surface area contributed by atoms with Gasteiger partial charge in [0.05, 0.1) is 5.69 Å². The molecule has 0 saturated carbocycles. The fraction of sp³-hybridized carbons (Fsp3) is 0. The van der Waals surface area contributed by atoms with Gasteiger partial charge in [0.1, 0.15) is 5.82 Å². The molecule has 0 amide bonds. The van der Waals surface area contributed by atoms with Crippen LogP contribution in [-0.4, -0.2) is 38.0 Å². The second-order valence-corrected chi connectivity index (χ2v) is 3.65. The van der Waals surface area contributed by atoms with Crippen LogP contribution in [0.3, 0.4) is 0 Å². The Labute approximate surface area is 107 Å². The van der Waals surface area contributed by atoms with Crippen molar-refractivity contribution in [1.29, 1.82) is 0 Å². The van der Waals surface area contributed by atoms with Crippen molar-refractivity contribution in [2.45, 2.75) is 0 Å². The Bertz CT molecular complexity index is 364. The summed E-state index contributed by atoms with van der Waals surface area (Å²) in [5.41, 5.74) is -0.0469. The minimum Gasteiger partial charge on any atom is -0.283 e. The van der Waals surface area contributed by atoms with Crippen LogP contribution in [-0.2, 0) is 10.9 Å². The summed E-state index contributed by atoms with van der Waals surface area (Å²) < 4.78 is 35.7. The molecule has 0 fully saturated rings. The van der Waals surface area contributed by atoms with E-state index in [2.05, 4.69) is 15.9 Å². The Hall–Kier alpha value is 0.380. The Morgan fingerprint density at radius 1 is 1.38 bits per heavy atom. The summed E-state index contributed by atoms with van der Waals surface area (Å²) in [6.07, 6.45) is 0. The number of nitrogens with one attached hydrogen (secondary N) is 1. The molecule has 7 heteroatoms. The van der Waals surface area contributed by atoms with E-state index in [1.165, 1.54) is 12.1 Å². The number of thiol groups is 1. The largest absolute Gasteiger partial charge is 0.283 e. The molecule has 1 rings (SSSR count). The van der Waals surface area contributed by atoms with Gasteiger partial charge < -0.3 is 0 Å². The van der Waals surface area contributed by atoms with E-state index in [-0.39, 0.29) is 35.2 Å². The zero-order chi connectivity index (χ0) is 9.14. The van der Waals surface area contributed by atoms with Gasteiger partial charge in [0.25, 0.3) is 0 Å². The van der Waals surface area contributed by atoms with Crippen LogP contribution in [0.15, 0.2) is 22.7 Å². The zero-order valence-electron chi connectivity index (χ0n) is 6.75. The number of rotatable bonds is 2. The van der Waals surface area contributed by atoms with Crippen molar-refractivity contribution < 1.29 is 12.8 Å². The van der Waals surface area contributed by atoms with E-state index in [1.807, 2.05) is 4.72 Å². The third kappa shape index (κ3) is 4.42. The quantitative estimate of drug-likeness (QED) is 0.629. The Morgan fingerprint density at radius 3 is 2.46 bits per heavy atom. The van der Waals surface area contributed by atoms with Gasteiger partial charge in [0, 0.05) is 34.0 Å². The Balaban J connectivity index is 0.00000144. The standard InChI is InChI=1S/C6H5BrFNO2S.Na/c7-4-1-2-6(5(8)3-4)9-12(10)11;/h1-3,12H,(H,9,10,11);. The molecular weight excluding hydrogens is 272 g/mol. The summed E-state index contributed by atoms with van der Waals surface area (Å²) >= 11 is 3.04. The SMILES string of the molecule is O=[SH](=O)Nc1ccc(Br)cc1F.[Na]. The number of benzene rings is 1. The van der Waals surface area contributed by atoms with Crippen LogP contribution in [0.25, 0.3) is 0 Å². The van der Waals surface area contributed by atoms with Crippen LogP contribution in [0.5, 0.6) is 0 Å². The van der Waals surface area contributed by atoms with Crippen molar-refractivity contribution in [1.82, 2.24) is 0 Å². The third-order valence-electron chi connectivity index (χ3n) is 1.14. The fourth-order valence-electron chi connectivity index (χ4n) is 0.678. The van der Waals surface area contributed by atoms with E-state index in [9.17, 15) is 12.8 Å². The molecule has 0 aromatic heterocycles. The molecule has 0 aliphatic carbocycles. The molecule has 0 spiro atoms.